The zero-order valence-corrected chi connectivity index (χ0v) is 19.4. The summed E-state index contributed by atoms with van der Waals surface area (Å²) in [5.41, 5.74) is 2.33. The normalized spacial score (nSPS) is 11.6. The summed E-state index contributed by atoms with van der Waals surface area (Å²) in [5.74, 6) is 0. The Labute approximate surface area is 188 Å². The second-order valence-electron chi connectivity index (χ2n) is 8.19. The van der Waals surface area contributed by atoms with Crippen molar-refractivity contribution in [1.82, 2.24) is 9.97 Å². The molecule has 4 rings (SSSR count). The van der Waals surface area contributed by atoms with Gasteiger partial charge in [-0.2, -0.15) is 0 Å². The maximum Gasteiger partial charge on any atom is 0.0938 e. The van der Waals surface area contributed by atoms with Crippen LogP contribution in [0.5, 0.6) is 0 Å². The molecule has 0 fully saturated rings. The van der Waals surface area contributed by atoms with Gasteiger partial charge in [-0.1, -0.05) is 75.6 Å². The lowest BCUT2D eigenvalue weighted by Crippen LogP contribution is -1.87. The average Bonchev–Trinajstić information content (AvgIpc) is 3.37. The second kappa shape index (κ2) is 11.6. The van der Waals surface area contributed by atoms with Gasteiger partial charge >= 0.3 is 0 Å². The van der Waals surface area contributed by atoms with Gasteiger partial charge in [-0.15, -0.1) is 22.7 Å². The van der Waals surface area contributed by atoms with Crippen molar-refractivity contribution < 1.29 is 0 Å². The predicted molar refractivity (Wildman–Crippen MR) is 133 cm³/mol. The van der Waals surface area contributed by atoms with Crippen molar-refractivity contribution in [3.8, 4) is 0 Å². The van der Waals surface area contributed by atoms with E-state index in [9.17, 15) is 0 Å². The van der Waals surface area contributed by atoms with Gasteiger partial charge in [0.25, 0.3) is 0 Å². The monoisotopic (exact) mass is 436 g/mol. The summed E-state index contributed by atoms with van der Waals surface area (Å²) in [6.07, 6.45) is 15.9. The zero-order valence-electron chi connectivity index (χ0n) is 17.8. The molecule has 30 heavy (non-hydrogen) atoms. The number of thiazole rings is 2. The third-order valence-corrected chi connectivity index (χ3v) is 7.90. The summed E-state index contributed by atoms with van der Waals surface area (Å²) in [6.45, 7) is 0. The van der Waals surface area contributed by atoms with Crippen molar-refractivity contribution >= 4 is 43.1 Å². The number of rotatable bonds is 13. The van der Waals surface area contributed by atoms with Crippen molar-refractivity contribution in [2.45, 2.75) is 77.0 Å². The van der Waals surface area contributed by atoms with Gasteiger partial charge in [0.15, 0.2) is 0 Å². The van der Waals surface area contributed by atoms with E-state index < -0.39 is 0 Å². The summed E-state index contributed by atoms with van der Waals surface area (Å²) in [4.78, 5) is 9.48. The van der Waals surface area contributed by atoms with Crippen LogP contribution in [0.25, 0.3) is 20.4 Å². The number of benzene rings is 2. The van der Waals surface area contributed by atoms with Crippen LogP contribution in [0.1, 0.15) is 74.2 Å². The highest BCUT2D eigenvalue weighted by atomic mass is 32.1. The van der Waals surface area contributed by atoms with Crippen LogP contribution < -0.4 is 0 Å². The number of hydrogen-bond acceptors (Lipinski definition) is 4. The maximum atomic E-state index is 4.74. The molecule has 2 aromatic heterocycles. The quantitative estimate of drug-likeness (QED) is 0.196. The number of unbranched alkanes of at least 4 members (excludes halogenated alkanes) is 9. The molecule has 2 aromatic carbocycles. The van der Waals surface area contributed by atoms with E-state index in [1.807, 2.05) is 22.7 Å². The maximum absolute atomic E-state index is 4.74. The molecule has 0 N–H and O–H groups in total. The fourth-order valence-electron chi connectivity index (χ4n) is 4.02. The second-order valence-corrected chi connectivity index (χ2v) is 10.4. The lowest BCUT2D eigenvalue weighted by Gasteiger charge is -2.02. The Morgan fingerprint density at radius 2 is 0.833 bits per heavy atom. The van der Waals surface area contributed by atoms with E-state index in [0.29, 0.717) is 0 Å². The highest BCUT2D eigenvalue weighted by Gasteiger charge is 2.04. The molecule has 2 heterocycles. The van der Waals surface area contributed by atoms with Crippen molar-refractivity contribution in [1.29, 1.82) is 0 Å². The van der Waals surface area contributed by atoms with Crippen LogP contribution in [0.3, 0.4) is 0 Å². The van der Waals surface area contributed by atoms with Gasteiger partial charge in [-0.05, 0) is 49.9 Å². The lowest BCUT2D eigenvalue weighted by atomic mass is 10.1. The highest BCUT2D eigenvalue weighted by Crippen LogP contribution is 2.24. The molecule has 4 aromatic rings. The van der Waals surface area contributed by atoms with Gasteiger partial charge < -0.3 is 0 Å². The van der Waals surface area contributed by atoms with Crippen LogP contribution in [-0.2, 0) is 12.8 Å². The molecule has 0 atom stereocenters. The molecule has 0 radical (unpaired) electrons. The molecule has 2 nitrogen and oxygen atoms in total. The summed E-state index contributed by atoms with van der Waals surface area (Å²) in [7, 11) is 0. The fourth-order valence-corrected chi connectivity index (χ4v) is 6.04. The Bertz CT molecular complexity index is 884. The SMILES string of the molecule is c1ccc2sc(CCCCCCCCCCCCc3nc4ccccc4s3)nc2c1. The number of hydrogen-bond donors (Lipinski definition) is 0. The third kappa shape index (κ3) is 6.36. The Balaban J connectivity index is 0.974. The number of aromatic nitrogens is 2. The van der Waals surface area contributed by atoms with Gasteiger partial charge in [-0.25, -0.2) is 9.97 Å². The molecule has 0 spiro atoms. The van der Waals surface area contributed by atoms with Gasteiger partial charge in [0, 0.05) is 0 Å². The van der Waals surface area contributed by atoms with Crippen molar-refractivity contribution in [2.24, 2.45) is 0 Å². The Morgan fingerprint density at radius 3 is 1.23 bits per heavy atom. The highest BCUT2D eigenvalue weighted by molar-refractivity contribution is 7.18. The van der Waals surface area contributed by atoms with Crippen LogP contribution in [0, 0.1) is 0 Å². The first-order valence-corrected chi connectivity index (χ1v) is 13.2. The molecule has 4 heteroatoms. The molecule has 0 aliphatic heterocycles. The van der Waals surface area contributed by atoms with Crippen LogP contribution in [0.15, 0.2) is 48.5 Å². The Hall–Kier alpha value is -1.78. The van der Waals surface area contributed by atoms with E-state index in [2.05, 4.69) is 48.5 Å². The fraction of sp³-hybridized carbons (Fsp3) is 0.462. The number of para-hydroxylation sites is 2. The van der Waals surface area contributed by atoms with Gasteiger partial charge in [0.1, 0.15) is 0 Å². The third-order valence-electron chi connectivity index (χ3n) is 5.71. The Morgan fingerprint density at radius 1 is 0.467 bits per heavy atom. The molecule has 0 saturated carbocycles. The van der Waals surface area contributed by atoms with Crippen molar-refractivity contribution in [3.05, 3.63) is 58.5 Å². The molecule has 0 saturated heterocycles. The van der Waals surface area contributed by atoms with Crippen molar-refractivity contribution in [2.75, 3.05) is 0 Å². The van der Waals surface area contributed by atoms with E-state index in [-0.39, 0.29) is 0 Å². The van der Waals surface area contributed by atoms with E-state index >= 15 is 0 Å². The number of fused-ring (bicyclic) bond motifs is 2. The minimum Gasteiger partial charge on any atom is -0.241 e. The predicted octanol–water partition coefficient (Wildman–Crippen LogP) is 8.59. The minimum absolute atomic E-state index is 1.15. The van der Waals surface area contributed by atoms with Crippen LogP contribution in [0.4, 0.5) is 0 Å². The molecule has 0 aliphatic carbocycles. The van der Waals surface area contributed by atoms with Gasteiger partial charge in [0.2, 0.25) is 0 Å². The smallest absolute Gasteiger partial charge is 0.0938 e. The lowest BCUT2D eigenvalue weighted by molar-refractivity contribution is 0.551. The van der Waals surface area contributed by atoms with E-state index in [1.165, 1.54) is 83.6 Å². The molecular weight excluding hydrogens is 404 g/mol. The topological polar surface area (TPSA) is 25.8 Å². The summed E-state index contributed by atoms with van der Waals surface area (Å²) in [5, 5.41) is 2.61. The first-order valence-electron chi connectivity index (χ1n) is 11.6. The summed E-state index contributed by atoms with van der Waals surface area (Å²) < 4.78 is 2.65. The summed E-state index contributed by atoms with van der Waals surface area (Å²) >= 11 is 3.73. The van der Waals surface area contributed by atoms with Crippen LogP contribution in [0.2, 0.25) is 0 Å². The molecule has 0 unspecified atom stereocenters. The standard InChI is InChI=1S/C26H32N2S2/c1(3-5-7-9-19-25-27-21-15-11-13-17-23(21)29-25)2-4-6-8-10-20-26-28-22-16-12-14-18-24(22)30-26/h11-18H,1-10,19-20H2. The molecule has 158 valence electrons. The average molecular weight is 437 g/mol. The first-order chi connectivity index (χ1) is 14.9. The number of aryl methyl sites for hydroxylation is 2. The Kier molecular flexibility index (Phi) is 8.27. The molecule has 0 amide bonds. The van der Waals surface area contributed by atoms with Crippen molar-refractivity contribution in [3.63, 3.8) is 0 Å². The van der Waals surface area contributed by atoms with Gasteiger partial charge in [-0.3, -0.25) is 0 Å². The summed E-state index contributed by atoms with van der Waals surface area (Å²) in [6, 6.07) is 17.0. The van der Waals surface area contributed by atoms with Crippen LogP contribution in [-0.4, -0.2) is 9.97 Å². The van der Waals surface area contributed by atoms with E-state index in [1.54, 1.807) is 0 Å². The van der Waals surface area contributed by atoms with Crippen LogP contribution >= 0.6 is 22.7 Å². The molecule has 0 bridgehead atoms. The largest absolute Gasteiger partial charge is 0.241 e. The number of nitrogens with zero attached hydrogens (tertiary/aromatic N) is 2. The molecular formula is C26H32N2S2. The van der Waals surface area contributed by atoms with E-state index in [0.717, 1.165) is 23.9 Å². The minimum atomic E-state index is 1.15. The van der Waals surface area contributed by atoms with E-state index in [4.69, 9.17) is 9.97 Å². The first kappa shape index (κ1) is 21.5. The van der Waals surface area contributed by atoms with Gasteiger partial charge in [0.05, 0.1) is 30.4 Å². The zero-order chi connectivity index (χ0) is 20.4. The molecule has 0 aliphatic rings.